The van der Waals surface area contributed by atoms with E-state index in [1.54, 1.807) is 52.5 Å². The summed E-state index contributed by atoms with van der Waals surface area (Å²) in [5.74, 6) is -0.429. The zero-order valence-corrected chi connectivity index (χ0v) is 14.0. The van der Waals surface area contributed by atoms with Crippen LogP contribution in [0.4, 0.5) is 0 Å². The predicted molar refractivity (Wildman–Crippen MR) is 95.1 cm³/mol. The summed E-state index contributed by atoms with van der Waals surface area (Å²) < 4.78 is 5.24. The molecule has 1 fully saturated rings. The van der Waals surface area contributed by atoms with E-state index in [9.17, 15) is 14.4 Å². The van der Waals surface area contributed by atoms with Gasteiger partial charge in [-0.3, -0.25) is 9.59 Å². The van der Waals surface area contributed by atoms with E-state index < -0.39 is 5.63 Å². The van der Waals surface area contributed by atoms with Crippen LogP contribution in [0.25, 0.3) is 11.0 Å². The predicted octanol–water partition coefficient (Wildman–Crippen LogP) is 1.72. The zero-order chi connectivity index (χ0) is 18.1. The van der Waals surface area contributed by atoms with E-state index in [0.29, 0.717) is 42.7 Å². The Bertz CT molecular complexity index is 1010. The molecule has 4 rings (SSSR count). The molecule has 0 unspecified atom stereocenters. The van der Waals surface area contributed by atoms with Crippen LogP contribution in [0.3, 0.4) is 0 Å². The van der Waals surface area contributed by atoms with Crippen LogP contribution in [0, 0.1) is 0 Å². The molecule has 0 bridgehead atoms. The van der Waals surface area contributed by atoms with Gasteiger partial charge in [0, 0.05) is 44.0 Å². The van der Waals surface area contributed by atoms with E-state index in [1.165, 1.54) is 0 Å². The number of hydrogen-bond acceptors (Lipinski definition) is 4. The van der Waals surface area contributed by atoms with Crippen molar-refractivity contribution in [1.29, 1.82) is 0 Å². The third-order valence-electron chi connectivity index (χ3n) is 4.57. The maximum atomic E-state index is 12.7. The van der Waals surface area contributed by atoms with Crippen LogP contribution in [-0.2, 0) is 0 Å². The molecule has 132 valence electrons. The Balaban J connectivity index is 1.49. The fourth-order valence-corrected chi connectivity index (χ4v) is 3.13. The summed E-state index contributed by atoms with van der Waals surface area (Å²) >= 11 is 0. The number of nitrogens with zero attached hydrogens (tertiary/aromatic N) is 2. The van der Waals surface area contributed by atoms with Crippen molar-refractivity contribution in [3.8, 4) is 0 Å². The number of carbonyl (C=O) groups excluding carboxylic acids is 2. The van der Waals surface area contributed by atoms with Gasteiger partial charge < -0.3 is 19.2 Å². The van der Waals surface area contributed by atoms with E-state index in [0.717, 1.165) is 0 Å². The molecule has 2 amide bonds. The Morgan fingerprint density at radius 3 is 2.35 bits per heavy atom. The van der Waals surface area contributed by atoms with Crippen LogP contribution in [0.15, 0.2) is 58.0 Å². The number of hydrogen-bond donors (Lipinski definition) is 1. The van der Waals surface area contributed by atoms with Gasteiger partial charge in [-0.1, -0.05) is 18.2 Å². The van der Waals surface area contributed by atoms with Gasteiger partial charge >= 0.3 is 5.63 Å². The molecule has 3 aromatic rings. The SMILES string of the molecule is O=C(c1cc[nH]c1)N1CCN(C(=O)c2cc3ccccc3oc2=O)CC1. The second-order valence-electron chi connectivity index (χ2n) is 6.17. The number of rotatable bonds is 2. The van der Waals surface area contributed by atoms with Crippen molar-refractivity contribution in [1.82, 2.24) is 14.8 Å². The maximum Gasteiger partial charge on any atom is 0.349 e. The molecule has 0 saturated carbocycles. The first-order valence-electron chi connectivity index (χ1n) is 8.38. The molecule has 0 atom stereocenters. The lowest BCUT2D eigenvalue weighted by Crippen LogP contribution is -2.51. The molecule has 0 radical (unpaired) electrons. The molecule has 0 aliphatic carbocycles. The summed E-state index contributed by atoms with van der Waals surface area (Å²) in [4.78, 5) is 43.4. The lowest BCUT2D eigenvalue weighted by atomic mass is 10.1. The fraction of sp³-hybridized carbons (Fsp3) is 0.211. The number of nitrogens with one attached hydrogen (secondary N) is 1. The van der Waals surface area contributed by atoms with Gasteiger partial charge in [0.1, 0.15) is 11.1 Å². The Morgan fingerprint density at radius 1 is 0.962 bits per heavy atom. The number of fused-ring (bicyclic) bond motifs is 1. The van der Waals surface area contributed by atoms with E-state index in [4.69, 9.17) is 4.42 Å². The smallest absolute Gasteiger partial charge is 0.349 e. The summed E-state index contributed by atoms with van der Waals surface area (Å²) in [7, 11) is 0. The van der Waals surface area contributed by atoms with Gasteiger partial charge in [0.2, 0.25) is 0 Å². The highest BCUT2D eigenvalue weighted by molar-refractivity contribution is 5.97. The van der Waals surface area contributed by atoms with Crippen molar-refractivity contribution in [2.75, 3.05) is 26.2 Å². The molecule has 0 spiro atoms. The second kappa shape index (κ2) is 6.51. The first kappa shape index (κ1) is 16.1. The zero-order valence-electron chi connectivity index (χ0n) is 14.0. The van der Waals surface area contributed by atoms with Crippen LogP contribution in [0.1, 0.15) is 20.7 Å². The van der Waals surface area contributed by atoms with Crippen LogP contribution in [-0.4, -0.2) is 52.8 Å². The van der Waals surface area contributed by atoms with Crippen molar-refractivity contribution in [2.45, 2.75) is 0 Å². The molecule has 7 nitrogen and oxygen atoms in total. The monoisotopic (exact) mass is 351 g/mol. The van der Waals surface area contributed by atoms with E-state index in [1.807, 2.05) is 6.07 Å². The highest BCUT2D eigenvalue weighted by Crippen LogP contribution is 2.15. The normalized spacial score (nSPS) is 14.6. The molecule has 1 N–H and O–H groups in total. The molecule has 2 aromatic heterocycles. The average Bonchev–Trinajstić information content (AvgIpc) is 3.21. The lowest BCUT2D eigenvalue weighted by Gasteiger charge is -2.34. The van der Waals surface area contributed by atoms with Gasteiger partial charge in [-0.2, -0.15) is 0 Å². The van der Waals surface area contributed by atoms with Crippen molar-refractivity contribution in [3.05, 3.63) is 70.3 Å². The van der Waals surface area contributed by atoms with Gasteiger partial charge in [-0.05, 0) is 18.2 Å². The Morgan fingerprint density at radius 2 is 1.65 bits per heavy atom. The topological polar surface area (TPSA) is 86.6 Å². The number of H-pyrrole nitrogens is 1. The lowest BCUT2D eigenvalue weighted by molar-refractivity contribution is 0.0533. The largest absolute Gasteiger partial charge is 0.422 e. The highest BCUT2D eigenvalue weighted by Gasteiger charge is 2.27. The van der Waals surface area contributed by atoms with Crippen LogP contribution >= 0.6 is 0 Å². The Hall–Kier alpha value is -3.35. The van der Waals surface area contributed by atoms with Crippen molar-refractivity contribution in [2.24, 2.45) is 0 Å². The summed E-state index contributed by atoms with van der Waals surface area (Å²) in [5.41, 5.74) is 0.435. The van der Waals surface area contributed by atoms with Crippen molar-refractivity contribution in [3.63, 3.8) is 0 Å². The maximum absolute atomic E-state index is 12.7. The Kier molecular flexibility index (Phi) is 4.04. The molecular weight excluding hydrogens is 334 g/mol. The van der Waals surface area contributed by atoms with Crippen molar-refractivity contribution < 1.29 is 14.0 Å². The molecule has 1 aliphatic heterocycles. The van der Waals surface area contributed by atoms with Crippen LogP contribution < -0.4 is 5.63 Å². The molecule has 1 aliphatic rings. The van der Waals surface area contributed by atoms with E-state index >= 15 is 0 Å². The van der Waals surface area contributed by atoms with E-state index in [2.05, 4.69) is 4.98 Å². The van der Waals surface area contributed by atoms with Crippen LogP contribution in [0.5, 0.6) is 0 Å². The van der Waals surface area contributed by atoms with Gasteiger partial charge in [0.25, 0.3) is 11.8 Å². The molecule has 1 saturated heterocycles. The van der Waals surface area contributed by atoms with E-state index in [-0.39, 0.29) is 17.4 Å². The second-order valence-corrected chi connectivity index (χ2v) is 6.17. The molecular formula is C19H17N3O4. The number of aromatic amines is 1. The summed E-state index contributed by atoms with van der Waals surface area (Å²) in [5, 5.41) is 0.705. The summed E-state index contributed by atoms with van der Waals surface area (Å²) in [6.45, 7) is 1.60. The van der Waals surface area contributed by atoms with Crippen molar-refractivity contribution >= 4 is 22.8 Å². The average molecular weight is 351 g/mol. The minimum atomic E-state index is -0.639. The standard InChI is InChI=1S/C19H17N3O4/c23-17(14-5-6-20-12-14)21-7-9-22(10-8-21)18(24)15-11-13-3-1-2-4-16(13)26-19(15)25/h1-6,11-12,20H,7-10H2. The van der Waals surface area contributed by atoms with Gasteiger partial charge in [0.15, 0.2) is 0 Å². The van der Waals surface area contributed by atoms with Gasteiger partial charge in [-0.25, -0.2) is 4.79 Å². The van der Waals surface area contributed by atoms with Gasteiger partial charge in [0.05, 0.1) is 5.56 Å². The number of carbonyl (C=O) groups is 2. The Labute approximate surface area is 148 Å². The number of para-hydroxylation sites is 1. The fourth-order valence-electron chi connectivity index (χ4n) is 3.13. The highest BCUT2D eigenvalue weighted by atomic mass is 16.4. The molecule has 26 heavy (non-hydrogen) atoms. The number of benzene rings is 1. The molecule has 3 heterocycles. The molecule has 1 aromatic carbocycles. The summed E-state index contributed by atoms with van der Waals surface area (Å²) in [6, 6.07) is 10.4. The number of amides is 2. The number of piperazine rings is 1. The van der Waals surface area contributed by atoms with Gasteiger partial charge in [-0.15, -0.1) is 0 Å². The number of aromatic nitrogens is 1. The minimum Gasteiger partial charge on any atom is -0.422 e. The molecule has 7 heteroatoms. The third-order valence-corrected chi connectivity index (χ3v) is 4.57. The third kappa shape index (κ3) is 2.88. The quantitative estimate of drug-likeness (QED) is 0.712. The first-order chi connectivity index (χ1) is 12.6. The summed E-state index contributed by atoms with van der Waals surface area (Å²) in [6.07, 6.45) is 3.35. The first-order valence-corrected chi connectivity index (χ1v) is 8.38. The van der Waals surface area contributed by atoms with Crippen LogP contribution in [0.2, 0.25) is 0 Å². The minimum absolute atomic E-state index is 0.0223.